The number of carbonyl (C=O) groups is 2. The summed E-state index contributed by atoms with van der Waals surface area (Å²) in [6, 6.07) is 7.64. The molecule has 116 valence electrons. The third-order valence-electron chi connectivity index (χ3n) is 2.94. The van der Waals surface area contributed by atoms with E-state index >= 15 is 0 Å². The van der Waals surface area contributed by atoms with Gasteiger partial charge >= 0.3 is 12.0 Å². The first-order chi connectivity index (χ1) is 10.0. The molecule has 1 aromatic carbocycles. The number of aliphatic carboxylic acids is 1. The van der Waals surface area contributed by atoms with Crippen LogP contribution in [-0.4, -0.2) is 35.1 Å². The summed E-state index contributed by atoms with van der Waals surface area (Å²) < 4.78 is 0.977. The molecule has 21 heavy (non-hydrogen) atoms. The van der Waals surface area contributed by atoms with Crippen LogP contribution in [0.25, 0.3) is 0 Å². The van der Waals surface area contributed by atoms with Crippen molar-refractivity contribution in [2.75, 3.05) is 13.1 Å². The predicted octanol–water partition coefficient (Wildman–Crippen LogP) is 3.24. The first-order valence-corrected chi connectivity index (χ1v) is 7.82. The number of carboxylic acid groups (broad SMARTS) is 1. The molecule has 0 aliphatic heterocycles. The average Bonchev–Trinajstić information content (AvgIpc) is 2.45. The van der Waals surface area contributed by atoms with Crippen molar-refractivity contribution in [2.45, 2.75) is 32.7 Å². The van der Waals surface area contributed by atoms with Gasteiger partial charge in [0.25, 0.3) is 0 Å². The smallest absolute Gasteiger partial charge is 0.317 e. The Morgan fingerprint density at radius 3 is 2.67 bits per heavy atom. The van der Waals surface area contributed by atoms with Crippen LogP contribution in [0, 0.1) is 0 Å². The molecule has 2 amide bonds. The van der Waals surface area contributed by atoms with Gasteiger partial charge in [0.05, 0.1) is 0 Å². The zero-order chi connectivity index (χ0) is 15.7. The van der Waals surface area contributed by atoms with Crippen LogP contribution in [0.3, 0.4) is 0 Å². The summed E-state index contributed by atoms with van der Waals surface area (Å²) in [5.74, 6) is -0.845. The maximum atomic E-state index is 12.1. The number of carbonyl (C=O) groups excluding carboxylic acids is 1. The van der Waals surface area contributed by atoms with Crippen LogP contribution in [0.15, 0.2) is 28.7 Å². The monoisotopic (exact) mass is 356 g/mol. The second-order valence-corrected chi connectivity index (χ2v) is 5.60. The topological polar surface area (TPSA) is 69.6 Å². The highest BCUT2D eigenvalue weighted by Gasteiger charge is 2.13. The van der Waals surface area contributed by atoms with Crippen molar-refractivity contribution in [3.8, 4) is 0 Å². The zero-order valence-corrected chi connectivity index (χ0v) is 13.7. The number of halogens is 1. The van der Waals surface area contributed by atoms with Gasteiger partial charge in [0.15, 0.2) is 0 Å². The quantitative estimate of drug-likeness (QED) is 0.702. The molecule has 0 spiro atoms. The maximum absolute atomic E-state index is 12.1. The number of hydrogen-bond acceptors (Lipinski definition) is 2. The second kappa shape index (κ2) is 9.39. The lowest BCUT2D eigenvalue weighted by molar-refractivity contribution is -0.137. The fourth-order valence-electron chi connectivity index (χ4n) is 1.90. The van der Waals surface area contributed by atoms with Gasteiger partial charge in [-0.3, -0.25) is 4.79 Å². The van der Waals surface area contributed by atoms with E-state index in [0.29, 0.717) is 26.1 Å². The van der Waals surface area contributed by atoms with Crippen molar-refractivity contribution in [1.29, 1.82) is 0 Å². The van der Waals surface area contributed by atoms with E-state index in [0.717, 1.165) is 16.5 Å². The highest BCUT2D eigenvalue weighted by atomic mass is 79.9. The van der Waals surface area contributed by atoms with E-state index < -0.39 is 5.97 Å². The molecule has 0 radical (unpaired) electrons. The van der Waals surface area contributed by atoms with Gasteiger partial charge in [0.1, 0.15) is 0 Å². The molecule has 5 nitrogen and oxygen atoms in total. The van der Waals surface area contributed by atoms with Crippen LogP contribution >= 0.6 is 15.9 Å². The lowest BCUT2D eigenvalue weighted by Crippen LogP contribution is -2.40. The van der Waals surface area contributed by atoms with Gasteiger partial charge in [-0.2, -0.15) is 0 Å². The summed E-state index contributed by atoms with van der Waals surface area (Å²) >= 11 is 3.48. The Kier molecular flexibility index (Phi) is 7.82. The molecule has 0 fully saturated rings. The summed E-state index contributed by atoms with van der Waals surface area (Å²) in [7, 11) is 0. The Morgan fingerprint density at radius 2 is 2.05 bits per heavy atom. The molecule has 6 heteroatoms. The number of urea groups is 1. The first-order valence-electron chi connectivity index (χ1n) is 7.02. The first kappa shape index (κ1) is 17.5. The Morgan fingerprint density at radius 1 is 1.33 bits per heavy atom. The molecule has 0 aliphatic rings. The molecule has 0 bridgehead atoms. The average molecular weight is 357 g/mol. The molecule has 0 atom stereocenters. The fourth-order valence-corrected chi connectivity index (χ4v) is 2.31. The third kappa shape index (κ3) is 6.62. The highest BCUT2D eigenvalue weighted by Crippen LogP contribution is 2.18. The van der Waals surface area contributed by atoms with Crippen molar-refractivity contribution >= 4 is 27.9 Å². The van der Waals surface area contributed by atoms with Gasteiger partial charge in [0.2, 0.25) is 0 Å². The van der Waals surface area contributed by atoms with Gasteiger partial charge in [-0.1, -0.05) is 41.1 Å². The van der Waals surface area contributed by atoms with Gasteiger partial charge < -0.3 is 15.3 Å². The van der Waals surface area contributed by atoms with Gasteiger partial charge in [-0.05, 0) is 24.5 Å². The predicted molar refractivity (Wildman–Crippen MR) is 85.1 cm³/mol. The third-order valence-corrected chi connectivity index (χ3v) is 3.72. The molecule has 0 aromatic heterocycles. The van der Waals surface area contributed by atoms with E-state index in [2.05, 4.69) is 21.2 Å². The number of nitrogens with zero attached hydrogens (tertiary/aromatic N) is 1. The summed E-state index contributed by atoms with van der Waals surface area (Å²) in [6.07, 6.45) is 1.38. The highest BCUT2D eigenvalue weighted by molar-refractivity contribution is 9.10. The molecule has 1 aromatic rings. The Labute approximate surface area is 133 Å². The summed E-state index contributed by atoms with van der Waals surface area (Å²) in [5.41, 5.74) is 1.05. The largest absolute Gasteiger partial charge is 0.481 e. The minimum Gasteiger partial charge on any atom is -0.481 e. The lowest BCUT2D eigenvalue weighted by atomic mass is 10.2. The molecule has 0 heterocycles. The standard InChI is InChI=1S/C15H21BrN2O3/c1-2-10-18(11-12-6-3-4-7-13(12)16)15(21)17-9-5-8-14(19)20/h3-4,6-7H,2,5,8-11H2,1H3,(H,17,21)(H,19,20). The van der Waals surface area contributed by atoms with E-state index in [1.165, 1.54) is 0 Å². The fraction of sp³-hybridized carbons (Fsp3) is 0.467. The minimum atomic E-state index is -0.845. The summed E-state index contributed by atoms with van der Waals surface area (Å²) in [5, 5.41) is 11.3. The SMILES string of the molecule is CCCN(Cc1ccccc1Br)C(=O)NCCCC(=O)O. The van der Waals surface area contributed by atoms with E-state index in [1.54, 1.807) is 4.90 Å². The van der Waals surface area contributed by atoms with Gasteiger partial charge in [-0.25, -0.2) is 4.79 Å². The molecular formula is C15H21BrN2O3. The molecule has 0 saturated heterocycles. The number of rotatable bonds is 8. The van der Waals surface area contributed by atoms with Crippen molar-refractivity contribution in [3.05, 3.63) is 34.3 Å². The normalized spacial score (nSPS) is 10.2. The van der Waals surface area contributed by atoms with E-state index in [1.807, 2.05) is 31.2 Å². The molecular weight excluding hydrogens is 336 g/mol. The van der Waals surface area contributed by atoms with Crippen LogP contribution in [0.5, 0.6) is 0 Å². The number of carboxylic acids is 1. The van der Waals surface area contributed by atoms with Crippen molar-refractivity contribution in [2.24, 2.45) is 0 Å². The van der Waals surface area contributed by atoms with E-state index in [4.69, 9.17) is 5.11 Å². The Hall–Kier alpha value is -1.56. The Bertz CT molecular complexity index is 480. The van der Waals surface area contributed by atoms with Crippen LogP contribution in [-0.2, 0) is 11.3 Å². The lowest BCUT2D eigenvalue weighted by Gasteiger charge is -2.23. The van der Waals surface area contributed by atoms with Crippen molar-refractivity contribution in [3.63, 3.8) is 0 Å². The van der Waals surface area contributed by atoms with Gasteiger partial charge in [-0.15, -0.1) is 0 Å². The molecule has 2 N–H and O–H groups in total. The number of hydrogen-bond donors (Lipinski definition) is 2. The number of benzene rings is 1. The van der Waals surface area contributed by atoms with E-state index in [-0.39, 0.29) is 12.5 Å². The van der Waals surface area contributed by atoms with Crippen LogP contribution in [0.2, 0.25) is 0 Å². The van der Waals surface area contributed by atoms with Gasteiger partial charge in [0, 0.05) is 30.5 Å². The molecule has 0 aliphatic carbocycles. The zero-order valence-electron chi connectivity index (χ0n) is 12.1. The second-order valence-electron chi connectivity index (χ2n) is 4.74. The summed E-state index contributed by atoms with van der Waals surface area (Å²) in [4.78, 5) is 24.3. The molecule has 0 unspecified atom stereocenters. The van der Waals surface area contributed by atoms with E-state index in [9.17, 15) is 9.59 Å². The van der Waals surface area contributed by atoms with Crippen LogP contribution < -0.4 is 5.32 Å². The maximum Gasteiger partial charge on any atom is 0.317 e. The minimum absolute atomic E-state index is 0.0677. The van der Waals surface area contributed by atoms with Crippen LogP contribution in [0.4, 0.5) is 4.79 Å². The Balaban J connectivity index is 2.54. The number of nitrogens with one attached hydrogen (secondary N) is 1. The van der Waals surface area contributed by atoms with Crippen LogP contribution in [0.1, 0.15) is 31.7 Å². The number of amides is 2. The van der Waals surface area contributed by atoms with Crippen molar-refractivity contribution < 1.29 is 14.7 Å². The molecule has 0 saturated carbocycles. The summed E-state index contributed by atoms with van der Waals surface area (Å²) in [6.45, 7) is 3.58. The molecule has 1 rings (SSSR count). The van der Waals surface area contributed by atoms with Crippen molar-refractivity contribution in [1.82, 2.24) is 10.2 Å².